The molecule has 0 bridgehead atoms. The Hall–Kier alpha value is -1.23. The summed E-state index contributed by atoms with van der Waals surface area (Å²) in [7, 11) is 0. The number of benzene rings is 2. The summed E-state index contributed by atoms with van der Waals surface area (Å²) in [4.78, 5) is 11.7. The fourth-order valence-corrected chi connectivity index (χ4v) is 2.15. The molecule has 2 aromatic carbocycles. The standard InChI is InChI=1S/C14H10BrCl2NO2/c15-9-2-1-3-11(6-9)20-8-14(19)18-10-4-5-12(16)13(17)7-10/h1-7H,8H2,(H,18,19). The molecule has 0 saturated carbocycles. The summed E-state index contributed by atoms with van der Waals surface area (Å²) in [5, 5.41) is 3.50. The molecule has 0 unspecified atom stereocenters. The zero-order valence-electron chi connectivity index (χ0n) is 10.2. The molecular weight excluding hydrogens is 365 g/mol. The molecule has 0 heterocycles. The lowest BCUT2D eigenvalue weighted by molar-refractivity contribution is -0.118. The van der Waals surface area contributed by atoms with Crippen LogP contribution in [0.2, 0.25) is 10.0 Å². The van der Waals surface area contributed by atoms with Gasteiger partial charge in [0.2, 0.25) is 0 Å². The average Bonchev–Trinajstić information content (AvgIpc) is 2.41. The molecule has 2 rings (SSSR count). The Balaban J connectivity index is 1.91. The smallest absolute Gasteiger partial charge is 0.262 e. The van der Waals surface area contributed by atoms with Crippen LogP contribution in [0.3, 0.4) is 0 Å². The minimum Gasteiger partial charge on any atom is -0.484 e. The average molecular weight is 375 g/mol. The second-order valence-electron chi connectivity index (χ2n) is 3.92. The van der Waals surface area contributed by atoms with E-state index >= 15 is 0 Å². The van der Waals surface area contributed by atoms with Crippen molar-refractivity contribution in [2.45, 2.75) is 0 Å². The lowest BCUT2D eigenvalue weighted by Gasteiger charge is -2.08. The topological polar surface area (TPSA) is 38.3 Å². The molecular formula is C14H10BrCl2NO2. The lowest BCUT2D eigenvalue weighted by atomic mass is 10.3. The highest BCUT2D eigenvalue weighted by molar-refractivity contribution is 9.10. The monoisotopic (exact) mass is 373 g/mol. The van der Waals surface area contributed by atoms with E-state index < -0.39 is 0 Å². The van der Waals surface area contributed by atoms with Crippen molar-refractivity contribution in [3.8, 4) is 5.75 Å². The van der Waals surface area contributed by atoms with Crippen molar-refractivity contribution >= 4 is 50.7 Å². The van der Waals surface area contributed by atoms with E-state index in [-0.39, 0.29) is 12.5 Å². The van der Waals surface area contributed by atoms with Crippen LogP contribution in [-0.2, 0) is 4.79 Å². The summed E-state index contributed by atoms with van der Waals surface area (Å²) in [6.45, 7) is -0.0866. The molecule has 0 fully saturated rings. The van der Waals surface area contributed by atoms with Crippen molar-refractivity contribution in [1.82, 2.24) is 0 Å². The molecule has 0 aliphatic rings. The van der Waals surface area contributed by atoms with E-state index in [9.17, 15) is 4.79 Å². The maximum absolute atomic E-state index is 11.7. The van der Waals surface area contributed by atoms with Crippen LogP contribution in [0, 0.1) is 0 Å². The number of anilines is 1. The van der Waals surface area contributed by atoms with Gasteiger partial charge in [-0.1, -0.05) is 45.2 Å². The predicted octanol–water partition coefficient (Wildman–Crippen LogP) is 4.77. The highest BCUT2D eigenvalue weighted by Crippen LogP contribution is 2.25. The summed E-state index contributed by atoms with van der Waals surface area (Å²) in [5.41, 5.74) is 0.572. The van der Waals surface area contributed by atoms with Crippen molar-refractivity contribution in [3.05, 3.63) is 57.0 Å². The number of rotatable bonds is 4. The fourth-order valence-electron chi connectivity index (χ4n) is 1.48. The van der Waals surface area contributed by atoms with Gasteiger partial charge in [-0.3, -0.25) is 4.79 Å². The van der Waals surface area contributed by atoms with E-state index in [1.165, 1.54) is 0 Å². The van der Waals surface area contributed by atoms with Gasteiger partial charge in [0.25, 0.3) is 5.91 Å². The van der Waals surface area contributed by atoms with E-state index in [0.29, 0.717) is 21.5 Å². The maximum atomic E-state index is 11.7. The molecule has 0 radical (unpaired) electrons. The van der Waals surface area contributed by atoms with Gasteiger partial charge in [0.05, 0.1) is 10.0 Å². The Kier molecular flexibility index (Phi) is 5.29. The minimum absolute atomic E-state index is 0.0866. The predicted molar refractivity (Wildman–Crippen MR) is 84.7 cm³/mol. The Bertz CT molecular complexity index is 634. The Morgan fingerprint density at radius 2 is 1.95 bits per heavy atom. The number of hydrogen-bond acceptors (Lipinski definition) is 2. The molecule has 1 N–H and O–H groups in total. The van der Waals surface area contributed by atoms with E-state index in [4.69, 9.17) is 27.9 Å². The molecule has 2 aromatic rings. The first kappa shape index (κ1) is 15.2. The van der Waals surface area contributed by atoms with Crippen molar-refractivity contribution < 1.29 is 9.53 Å². The summed E-state index contributed by atoms with van der Waals surface area (Å²) < 4.78 is 6.26. The normalized spacial score (nSPS) is 10.2. The van der Waals surface area contributed by atoms with Crippen LogP contribution >= 0.6 is 39.1 Å². The lowest BCUT2D eigenvalue weighted by Crippen LogP contribution is -2.20. The van der Waals surface area contributed by atoms with Gasteiger partial charge in [-0.05, 0) is 36.4 Å². The Morgan fingerprint density at radius 3 is 2.65 bits per heavy atom. The molecule has 1 amide bonds. The first-order valence-electron chi connectivity index (χ1n) is 5.68. The van der Waals surface area contributed by atoms with Gasteiger partial charge < -0.3 is 10.1 Å². The second-order valence-corrected chi connectivity index (χ2v) is 5.65. The summed E-state index contributed by atoms with van der Waals surface area (Å²) in [6.07, 6.45) is 0. The molecule has 104 valence electrons. The van der Waals surface area contributed by atoms with Crippen LogP contribution in [0.15, 0.2) is 46.9 Å². The molecule has 0 atom stereocenters. The third kappa shape index (κ3) is 4.40. The molecule has 0 aromatic heterocycles. The molecule has 3 nitrogen and oxygen atoms in total. The van der Waals surface area contributed by atoms with Gasteiger partial charge in [0, 0.05) is 10.2 Å². The summed E-state index contributed by atoms with van der Waals surface area (Å²) >= 11 is 15.0. The third-order valence-corrected chi connectivity index (χ3v) is 3.60. The number of ether oxygens (including phenoxy) is 1. The van der Waals surface area contributed by atoms with Crippen LogP contribution in [0.4, 0.5) is 5.69 Å². The van der Waals surface area contributed by atoms with Gasteiger partial charge >= 0.3 is 0 Å². The van der Waals surface area contributed by atoms with Crippen molar-refractivity contribution in [1.29, 1.82) is 0 Å². The molecule has 0 aliphatic heterocycles. The highest BCUT2D eigenvalue weighted by Gasteiger charge is 2.06. The van der Waals surface area contributed by atoms with Crippen molar-refractivity contribution in [2.24, 2.45) is 0 Å². The van der Waals surface area contributed by atoms with Crippen LogP contribution in [0.5, 0.6) is 5.75 Å². The summed E-state index contributed by atoms with van der Waals surface area (Å²) in [6, 6.07) is 12.1. The highest BCUT2D eigenvalue weighted by atomic mass is 79.9. The quantitative estimate of drug-likeness (QED) is 0.836. The van der Waals surface area contributed by atoms with Gasteiger partial charge in [0.1, 0.15) is 5.75 Å². The Labute approximate surface area is 135 Å². The van der Waals surface area contributed by atoms with Crippen molar-refractivity contribution in [3.63, 3.8) is 0 Å². The van der Waals surface area contributed by atoms with Gasteiger partial charge in [0.15, 0.2) is 6.61 Å². The number of nitrogens with one attached hydrogen (secondary N) is 1. The van der Waals surface area contributed by atoms with Crippen LogP contribution in [-0.4, -0.2) is 12.5 Å². The van der Waals surface area contributed by atoms with Gasteiger partial charge in [-0.15, -0.1) is 0 Å². The minimum atomic E-state index is -0.275. The van der Waals surface area contributed by atoms with Crippen LogP contribution in [0.25, 0.3) is 0 Å². The first-order valence-corrected chi connectivity index (χ1v) is 7.23. The first-order chi connectivity index (χ1) is 9.54. The Morgan fingerprint density at radius 1 is 1.15 bits per heavy atom. The van der Waals surface area contributed by atoms with Crippen molar-refractivity contribution in [2.75, 3.05) is 11.9 Å². The van der Waals surface area contributed by atoms with Crippen LogP contribution < -0.4 is 10.1 Å². The maximum Gasteiger partial charge on any atom is 0.262 e. The number of carbonyl (C=O) groups excluding carboxylic acids is 1. The number of amides is 1. The zero-order chi connectivity index (χ0) is 14.5. The SMILES string of the molecule is O=C(COc1cccc(Br)c1)Nc1ccc(Cl)c(Cl)c1. The number of hydrogen-bond donors (Lipinski definition) is 1. The number of halogens is 3. The van der Waals surface area contributed by atoms with E-state index in [2.05, 4.69) is 21.2 Å². The molecule has 20 heavy (non-hydrogen) atoms. The fraction of sp³-hybridized carbons (Fsp3) is 0.0714. The zero-order valence-corrected chi connectivity index (χ0v) is 13.3. The van der Waals surface area contributed by atoms with Crippen LogP contribution in [0.1, 0.15) is 0 Å². The third-order valence-electron chi connectivity index (χ3n) is 2.37. The number of carbonyl (C=O) groups is 1. The van der Waals surface area contributed by atoms with E-state index in [1.54, 1.807) is 30.3 Å². The van der Waals surface area contributed by atoms with Gasteiger partial charge in [-0.2, -0.15) is 0 Å². The van der Waals surface area contributed by atoms with Gasteiger partial charge in [-0.25, -0.2) is 0 Å². The second kappa shape index (κ2) is 6.97. The molecule has 0 saturated heterocycles. The van der Waals surface area contributed by atoms with E-state index in [1.807, 2.05) is 12.1 Å². The molecule has 0 spiro atoms. The largest absolute Gasteiger partial charge is 0.484 e. The summed E-state index contributed by atoms with van der Waals surface area (Å²) in [5.74, 6) is 0.340. The van der Waals surface area contributed by atoms with E-state index in [0.717, 1.165) is 4.47 Å². The molecule has 6 heteroatoms. The molecule has 0 aliphatic carbocycles.